The van der Waals surface area contributed by atoms with Gasteiger partial charge in [0.15, 0.2) is 5.69 Å². The fraction of sp³-hybridized carbons (Fsp3) is 0.350. The Bertz CT molecular complexity index is 904. The first-order valence-electron chi connectivity index (χ1n) is 9.22. The van der Waals surface area contributed by atoms with Crippen molar-refractivity contribution in [3.8, 4) is 0 Å². The molecule has 1 unspecified atom stereocenters. The van der Waals surface area contributed by atoms with Crippen LogP contribution in [0.25, 0.3) is 21.8 Å². The van der Waals surface area contributed by atoms with Crippen molar-refractivity contribution in [2.24, 2.45) is 0 Å². The van der Waals surface area contributed by atoms with Crippen LogP contribution in [0.2, 0.25) is 0 Å². The molecule has 1 aromatic heterocycles. The summed E-state index contributed by atoms with van der Waals surface area (Å²) in [6.07, 6.45) is 0.945. The van der Waals surface area contributed by atoms with Crippen LogP contribution in [0.15, 0.2) is 42.5 Å². The molecule has 7 nitrogen and oxygen atoms in total. The third-order valence-corrected chi connectivity index (χ3v) is 4.51. The van der Waals surface area contributed by atoms with Crippen LogP contribution < -0.4 is 15.9 Å². The summed E-state index contributed by atoms with van der Waals surface area (Å²) in [4.78, 5) is 6.79. The molecule has 1 atom stereocenters. The smallest absolute Gasteiger partial charge is 0.175 e. The van der Waals surface area contributed by atoms with Gasteiger partial charge in [-0.3, -0.25) is 0 Å². The van der Waals surface area contributed by atoms with E-state index in [0.717, 1.165) is 49.2 Å². The molecule has 4 N–H and O–H groups in total. The van der Waals surface area contributed by atoms with Crippen molar-refractivity contribution in [3.05, 3.63) is 47.7 Å². The Morgan fingerprint density at radius 1 is 1.04 bits per heavy atom. The zero-order valence-corrected chi connectivity index (χ0v) is 17.1. The number of hydrogen-bond acceptors (Lipinski definition) is 6. The van der Waals surface area contributed by atoms with Crippen LogP contribution in [0, 0.1) is 5.21 Å². The van der Waals surface area contributed by atoms with Gasteiger partial charge in [-0.05, 0) is 39.2 Å². The van der Waals surface area contributed by atoms with E-state index in [2.05, 4.69) is 34.6 Å². The van der Waals surface area contributed by atoms with Gasteiger partial charge in [0, 0.05) is 31.1 Å². The zero-order chi connectivity index (χ0) is 19.2. The van der Waals surface area contributed by atoms with Gasteiger partial charge in [-0.2, -0.15) is 5.23 Å². The number of benzene rings is 2. The number of hydrogen-bond donors (Lipinski definition) is 4. The minimum atomic E-state index is -0.939. The number of likely N-dealkylation sites (N-methyl/N-ethyl adjacent to an activating group) is 1. The quantitative estimate of drug-likeness (QED) is 0.248. The number of nitrogens with zero attached hydrogens (tertiary/aromatic N) is 2. The Hall–Kier alpha value is -2.00. The molecule has 3 aromatic rings. The van der Waals surface area contributed by atoms with Gasteiger partial charge in [-0.15, -0.1) is 12.4 Å². The summed E-state index contributed by atoms with van der Waals surface area (Å²) in [6.45, 7) is 3.63. The Morgan fingerprint density at radius 3 is 2.54 bits per heavy atom. The fourth-order valence-electron chi connectivity index (χ4n) is 3.16. The molecule has 1 heterocycles. The third-order valence-electron chi connectivity index (χ3n) is 4.51. The minimum Gasteiger partial charge on any atom is -0.595 e. The Morgan fingerprint density at radius 2 is 1.79 bits per heavy atom. The molecule has 0 saturated heterocycles. The molecule has 152 valence electrons. The van der Waals surface area contributed by atoms with Gasteiger partial charge in [-0.25, -0.2) is 10.2 Å². The molecule has 3 rings (SSSR count). The van der Waals surface area contributed by atoms with E-state index in [0.29, 0.717) is 10.9 Å². The highest BCUT2D eigenvalue weighted by molar-refractivity contribution is 6.11. The van der Waals surface area contributed by atoms with Gasteiger partial charge < -0.3 is 20.7 Å². The lowest BCUT2D eigenvalue weighted by atomic mass is 10.1. The maximum absolute atomic E-state index is 11.7. The lowest BCUT2D eigenvalue weighted by Gasteiger charge is -2.18. The monoisotopic (exact) mass is 405 g/mol. The zero-order valence-electron chi connectivity index (χ0n) is 16.2. The third kappa shape index (κ3) is 5.29. The van der Waals surface area contributed by atoms with Crippen molar-refractivity contribution in [1.82, 2.24) is 15.2 Å². The maximum atomic E-state index is 11.7. The molecule has 0 amide bonds. The topological polar surface area (TPSA) is 87.9 Å². The number of fused-ring (bicyclic) bond motifs is 2. The molecular formula is C20H28ClN5O2. The number of nitrogens with one attached hydrogen (secondary N) is 3. The van der Waals surface area contributed by atoms with Crippen LogP contribution in [0.3, 0.4) is 0 Å². The summed E-state index contributed by atoms with van der Waals surface area (Å²) >= 11 is 0. The molecule has 28 heavy (non-hydrogen) atoms. The molecule has 0 aliphatic heterocycles. The van der Waals surface area contributed by atoms with Crippen LogP contribution in [0.4, 0.5) is 11.4 Å². The molecular weight excluding hydrogens is 378 g/mol. The molecule has 0 aliphatic carbocycles. The molecule has 0 bridgehead atoms. The van der Waals surface area contributed by atoms with E-state index in [1.165, 1.54) is 0 Å². The highest BCUT2D eigenvalue weighted by Crippen LogP contribution is 2.34. The van der Waals surface area contributed by atoms with E-state index in [4.69, 9.17) is 0 Å². The van der Waals surface area contributed by atoms with Gasteiger partial charge in [-0.1, -0.05) is 24.3 Å². The number of aromatic nitrogens is 1. The summed E-state index contributed by atoms with van der Waals surface area (Å²) in [5.41, 5.74) is 2.68. The number of para-hydroxylation sites is 1. The van der Waals surface area contributed by atoms with Crippen LogP contribution in [0.5, 0.6) is 0 Å². The molecule has 0 fully saturated rings. The highest BCUT2D eigenvalue weighted by Gasteiger charge is 2.16. The maximum Gasteiger partial charge on any atom is 0.175 e. The van der Waals surface area contributed by atoms with Gasteiger partial charge in [0.2, 0.25) is 0 Å². The number of anilines is 1. The van der Waals surface area contributed by atoms with Gasteiger partial charge >= 0.3 is 0 Å². The van der Waals surface area contributed by atoms with E-state index in [1.54, 1.807) is 12.1 Å². The number of halogens is 1. The summed E-state index contributed by atoms with van der Waals surface area (Å²) in [6, 6.07) is 13.1. The van der Waals surface area contributed by atoms with Gasteiger partial charge in [0.25, 0.3) is 0 Å². The number of quaternary nitrogens is 1. The van der Waals surface area contributed by atoms with Crippen molar-refractivity contribution < 1.29 is 10.4 Å². The van der Waals surface area contributed by atoms with Crippen LogP contribution in [-0.4, -0.2) is 55.4 Å². The molecule has 0 spiro atoms. The van der Waals surface area contributed by atoms with Crippen LogP contribution in [0.1, 0.15) is 6.42 Å². The molecule has 0 aliphatic rings. The van der Waals surface area contributed by atoms with Crippen molar-refractivity contribution in [2.45, 2.75) is 6.42 Å². The van der Waals surface area contributed by atoms with Crippen LogP contribution in [-0.2, 0) is 0 Å². The molecule has 2 aromatic carbocycles. The first-order chi connectivity index (χ1) is 13.1. The predicted octanol–water partition coefficient (Wildman–Crippen LogP) is 2.17. The molecule has 0 radical (unpaired) electrons. The summed E-state index contributed by atoms with van der Waals surface area (Å²) in [5, 5.41) is 28.9. The second-order valence-corrected chi connectivity index (χ2v) is 6.84. The average molecular weight is 406 g/mol. The van der Waals surface area contributed by atoms with Crippen molar-refractivity contribution >= 4 is 45.6 Å². The summed E-state index contributed by atoms with van der Waals surface area (Å²) in [5.74, 6) is 0. The fourth-order valence-corrected chi connectivity index (χ4v) is 3.16. The molecule has 8 heteroatoms. The number of rotatable bonds is 9. The van der Waals surface area contributed by atoms with Gasteiger partial charge in [0.1, 0.15) is 0 Å². The van der Waals surface area contributed by atoms with Crippen LogP contribution >= 0.6 is 12.4 Å². The highest BCUT2D eigenvalue weighted by atomic mass is 35.5. The van der Waals surface area contributed by atoms with E-state index in [9.17, 15) is 10.4 Å². The second kappa shape index (κ2) is 10.5. The summed E-state index contributed by atoms with van der Waals surface area (Å²) < 4.78 is 0. The normalized spacial score (nSPS) is 12.3. The van der Waals surface area contributed by atoms with Crippen molar-refractivity contribution in [2.75, 3.05) is 45.6 Å². The SMILES string of the molecule is CN(C)CCNCCCNc1c2ccccc2nc2cccc([NH+]([O-])O)c12.Cl. The Labute approximate surface area is 171 Å². The first-order valence-corrected chi connectivity index (χ1v) is 9.22. The molecule has 0 saturated carbocycles. The van der Waals surface area contributed by atoms with E-state index < -0.39 is 5.23 Å². The minimum absolute atomic E-state index is 0. The predicted molar refractivity (Wildman–Crippen MR) is 117 cm³/mol. The number of pyridine rings is 1. The van der Waals surface area contributed by atoms with E-state index in [1.807, 2.05) is 30.3 Å². The van der Waals surface area contributed by atoms with Gasteiger partial charge in [0.05, 0.1) is 22.1 Å². The lowest BCUT2D eigenvalue weighted by Crippen LogP contribution is -2.99. The Balaban J connectivity index is 0.00000280. The van der Waals surface area contributed by atoms with E-state index >= 15 is 0 Å². The largest absolute Gasteiger partial charge is 0.595 e. The Kier molecular flexibility index (Phi) is 8.37. The summed E-state index contributed by atoms with van der Waals surface area (Å²) in [7, 11) is 4.12. The first kappa shape index (κ1) is 22.3. The van der Waals surface area contributed by atoms with Crippen molar-refractivity contribution in [3.63, 3.8) is 0 Å². The second-order valence-electron chi connectivity index (χ2n) is 6.84. The lowest BCUT2D eigenvalue weighted by molar-refractivity contribution is -0.990. The van der Waals surface area contributed by atoms with Crippen molar-refractivity contribution in [1.29, 1.82) is 0 Å². The van der Waals surface area contributed by atoms with E-state index in [-0.39, 0.29) is 18.1 Å². The standard InChI is InChI=1S/C20H27N5O2.ClH/c1-24(2)14-13-21-11-6-12-22-20-15-7-3-4-8-16(15)23-17-9-5-10-18(19(17)20)25(26)27;/h3-5,7-10,21,25-26H,6,11-14H2,1-2H3,(H,22,23);1H. The average Bonchev–Trinajstić information content (AvgIpc) is 2.65.